The van der Waals surface area contributed by atoms with E-state index in [4.69, 9.17) is 0 Å². The Bertz CT molecular complexity index is 137. The molecule has 16 heavy (non-hydrogen) atoms. The van der Waals surface area contributed by atoms with Crippen molar-refractivity contribution in [2.45, 2.75) is 70.3 Å². The summed E-state index contributed by atoms with van der Waals surface area (Å²) >= 11 is 3.00. The van der Waals surface area contributed by atoms with Crippen molar-refractivity contribution in [2.75, 3.05) is 0 Å². The first-order chi connectivity index (χ1) is 6.88. The third-order valence-electron chi connectivity index (χ3n) is 2.10. The van der Waals surface area contributed by atoms with Gasteiger partial charge in [0.05, 0.1) is 0 Å². The van der Waals surface area contributed by atoms with Gasteiger partial charge in [0.25, 0.3) is 0 Å². The van der Waals surface area contributed by atoms with Gasteiger partial charge in [0.15, 0.2) is 0 Å². The molecule has 0 aromatic carbocycles. The number of hydrogen-bond acceptors (Lipinski definition) is 0. The Morgan fingerprint density at radius 2 is 1.25 bits per heavy atom. The molecule has 102 valence electrons. The molecule has 0 aliphatic carbocycles. The Morgan fingerprint density at radius 1 is 0.938 bits per heavy atom. The number of halogens is 1. The van der Waals surface area contributed by atoms with Crippen molar-refractivity contribution in [1.82, 2.24) is 0 Å². The van der Waals surface area contributed by atoms with Crippen molar-refractivity contribution in [1.29, 1.82) is 0 Å². The molecule has 0 aromatic rings. The van der Waals surface area contributed by atoms with Gasteiger partial charge in [-0.1, -0.05) is 49.5 Å². The summed E-state index contributed by atoms with van der Waals surface area (Å²) in [6.07, 6.45) is 4.08. The van der Waals surface area contributed by atoms with Crippen LogP contribution in [0.1, 0.15) is 48.5 Å². The first kappa shape index (κ1) is 22.3. The SMILES string of the molecule is C/C=C/[CH2][Pd+].CC(C)P(C(C)C)C(C)C.[Cl-]. The zero-order valence-electron chi connectivity index (χ0n) is 11.7. The van der Waals surface area contributed by atoms with Gasteiger partial charge < -0.3 is 12.4 Å². The van der Waals surface area contributed by atoms with Crippen LogP contribution in [0.25, 0.3) is 0 Å². The van der Waals surface area contributed by atoms with E-state index in [1.807, 2.05) is 13.0 Å². The zero-order valence-corrected chi connectivity index (χ0v) is 14.9. The van der Waals surface area contributed by atoms with Crippen molar-refractivity contribution in [3.05, 3.63) is 12.2 Å². The Hall–Kier alpha value is 1.12. The van der Waals surface area contributed by atoms with Crippen molar-refractivity contribution in [3.8, 4) is 0 Å². The molecule has 0 heterocycles. The molecule has 0 fully saturated rings. The topological polar surface area (TPSA) is 0 Å². The largest absolute Gasteiger partial charge is 1.00 e. The molecular weight excluding hydrogens is 329 g/mol. The summed E-state index contributed by atoms with van der Waals surface area (Å²) in [6.45, 7) is 16.1. The second-order valence-electron chi connectivity index (χ2n) is 4.43. The van der Waals surface area contributed by atoms with Crippen molar-refractivity contribution in [2.24, 2.45) is 0 Å². The quantitative estimate of drug-likeness (QED) is 0.411. The third kappa shape index (κ3) is 13.2. The molecule has 0 atom stereocenters. The van der Waals surface area contributed by atoms with Gasteiger partial charge in [-0.2, -0.15) is 0 Å². The Labute approximate surface area is 122 Å². The summed E-state index contributed by atoms with van der Waals surface area (Å²) in [5.41, 5.74) is 2.69. The van der Waals surface area contributed by atoms with Gasteiger partial charge in [-0.15, -0.1) is 0 Å². The normalized spacial score (nSPS) is 11.1. The molecule has 0 N–H and O–H groups in total. The molecular formula is C13H28ClPPd. The fraction of sp³-hybridized carbons (Fsp3) is 0.846. The Balaban J connectivity index is -0.000000242. The maximum Gasteiger partial charge on any atom is -0.0261 e. The number of allylic oxidation sites excluding steroid dienone is 2. The molecule has 0 aliphatic heterocycles. The molecule has 0 radical (unpaired) electrons. The monoisotopic (exact) mass is 356 g/mol. The Morgan fingerprint density at radius 3 is 1.25 bits per heavy atom. The first-order valence-corrected chi connectivity index (χ1v) is 8.43. The van der Waals surface area contributed by atoms with Gasteiger partial charge in [-0.3, -0.25) is 0 Å². The molecule has 0 saturated heterocycles. The molecule has 0 amide bonds. The Kier molecular flexibility index (Phi) is 19.8. The first-order valence-electron chi connectivity index (χ1n) is 5.78. The van der Waals surface area contributed by atoms with Crippen molar-refractivity contribution in [3.63, 3.8) is 0 Å². The van der Waals surface area contributed by atoms with Crippen molar-refractivity contribution >= 4 is 7.92 Å². The van der Waals surface area contributed by atoms with E-state index >= 15 is 0 Å². The van der Waals surface area contributed by atoms with Gasteiger partial charge in [0, 0.05) is 0 Å². The molecule has 3 heteroatoms. The average molecular weight is 357 g/mol. The van der Waals surface area contributed by atoms with Crippen LogP contribution in [0.4, 0.5) is 0 Å². The van der Waals surface area contributed by atoms with Gasteiger partial charge in [0.1, 0.15) is 0 Å². The minimum atomic E-state index is 0. The number of hydrogen-bond donors (Lipinski definition) is 0. The van der Waals surface area contributed by atoms with E-state index in [0.29, 0.717) is 0 Å². The molecule has 0 spiro atoms. The smallest absolute Gasteiger partial charge is 0.0261 e. The van der Waals surface area contributed by atoms with Gasteiger partial charge in [-0.25, -0.2) is 0 Å². The van der Waals surface area contributed by atoms with Crippen LogP contribution in [-0.2, 0) is 19.2 Å². The van der Waals surface area contributed by atoms with Crippen LogP contribution in [0.5, 0.6) is 0 Å². The molecule has 0 unspecified atom stereocenters. The average Bonchev–Trinajstić information content (AvgIpc) is 2.03. The predicted molar refractivity (Wildman–Crippen MR) is 71.9 cm³/mol. The van der Waals surface area contributed by atoms with Crippen LogP contribution in [0, 0.1) is 0 Å². The summed E-state index contributed by atoms with van der Waals surface area (Å²) in [6, 6.07) is 0. The van der Waals surface area contributed by atoms with Crippen LogP contribution in [0.3, 0.4) is 0 Å². The minimum Gasteiger partial charge on any atom is -1.00 e. The molecule has 0 bridgehead atoms. The summed E-state index contributed by atoms with van der Waals surface area (Å²) in [5.74, 6) is 0. The fourth-order valence-corrected chi connectivity index (χ4v) is 5.81. The van der Waals surface area contributed by atoms with Crippen LogP contribution in [-0.4, -0.2) is 17.0 Å². The molecule has 0 nitrogen and oxygen atoms in total. The van der Waals surface area contributed by atoms with Gasteiger partial charge in [0.2, 0.25) is 0 Å². The molecule has 0 aromatic heterocycles. The second-order valence-corrected chi connectivity index (χ2v) is 9.05. The van der Waals surface area contributed by atoms with E-state index in [-0.39, 0.29) is 20.3 Å². The van der Waals surface area contributed by atoms with E-state index in [9.17, 15) is 0 Å². The van der Waals surface area contributed by atoms with Crippen LogP contribution < -0.4 is 12.4 Å². The molecule has 0 aliphatic rings. The van der Waals surface area contributed by atoms with E-state index in [0.717, 1.165) is 21.9 Å². The second kappa shape index (κ2) is 14.2. The molecule has 0 saturated carbocycles. The predicted octanol–water partition coefficient (Wildman–Crippen LogP) is 2.23. The van der Waals surface area contributed by atoms with Crippen LogP contribution >= 0.6 is 7.92 Å². The standard InChI is InChI=1S/C9H21P.C4H7.ClH.Pd/c1-7(2)10(8(3)4)9(5)6;1-3-4-2;;/h7-9H,1-6H3;3-4H,1H2,2H3;1H;/q;;;+1/p-1/b;4-3+;;. The molecule has 0 rings (SSSR count). The van der Waals surface area contributed by atoms with Gasteiger partial charge in [-0.05, 0) is 17.0 Å². The third-order valence-corrected chi connectivity index (χ3v) is 6.04. The summed E-state index contributed by atoms with van der Waals surface area (Å²) in [7, 11) is 0.262. The fourth-order valence-electron chi connectivity index (χ4n) is 1.86. The van der Waals surface area contributed by atoms with E-state index in [2.05, 4.69) is 66.8 Å². The van der Waals surface area contributed by atoms with Gasteiger partial charge >= 0.3 is 43.2 Å². The van der Waals surface area contributed by atoms with E-state index in [1.54, 1.807) is 0 Å². The number of rotatable bonds is 4. The summed E-state index contributed by atoms with van der Waals surface area (Å²) < 4.78 is 0. The van der Waals surface area contributed by atoms with Crippen molar-refractivity contribution < 1.29 is 31.6 Å². The van der Waals surface area contributed by atoms with E-state index in [1.165, 1.54) is 0 Å². The maximum atomic E-state index is 3.00. The maximum absolute atomic E-state index is 3.00. The van der Waals surface area contributed by atoms with Crippen LogP contribution in [0.15, 0.2) is 12.2 Å². The van der Waals surface area contributed by atoms with Crippen LogP contribution in [0.2, 0.25) is 4.89 Å². The minimum absolute atomic E-state index is 0. The summed E-state index contributed by atoms with van der Waals surface area (Å²) in [4.78, 5) is 1.01. The summed E-state index contributed by atoms with van der Waals surface area (Å²) in [5, 5.41) is 0. The zero-order chi connectivity index (χ0) is 12.4. The van der Waals surface area contributed by atoms with E-state index < -0.39 is 0 Å².